The zero-order chi connectivity index (χ0) is 25.4. The lowest BCUT2D eigenvalue weighted by Crippen LogP contribution is -2.20. The lowest BCUT2D eigenvalue weighted by molar-refractivity contribution is -0.384. The smallest absolute Gasteiger partial charge is 0.269 e. The first kappa shape index (κ1) is 25.9. The summed E-state index contributed by atoms with van der Waals surface area (Å²) >= 11 is 3.51. The molecule has 0 aliphatic heterocycles. The van der Waals surface area contributed by atoms with Gasteiger partial charge in [0.05, 0.1) is 28.6 Å². The van der Waals surface area contributed by atoms with Crippen molar-refractivity contribution in [2.45, 2.75) is 33.8 Å². The highest BCUT2D eigenvalue weighted by molar-refractivity contribution is 9.10. The van der Waals surface area contributed by atoms with Gasteiger partial charge in [0.2, 0.25) is 5.91 Å². The number of nitro groups is 1. The monoisotopic (exact) mass is 539 g/mol. The van der Waals surface area contributed by atoms with Gasteiger partial charge >= 0.3 is 0 Å². The number of carbonyl (C=O) groups excluding carboxylic acids is 1. The van der Waals surface area contributed by atoms with Crippen molar-refractivity contribution in [3.8, 4) is 11.5 Å². The van der Waals surface area contributed by atoms with E-state index in [0.717, 1.165) is 22.3 Å². The van der Waals surface area contributed by atoms with Crippen LogP contribution in [0.4, 0.5) is 5.69 Å². The topological polar surface area (TPSA) is 103 Å². The highest BCUT2D eigenvalue weighted by Gasteiger charge is 2.13. The molecular weight excluding hydrogens is 514 g/mol. The van der Waals surface area contributed by atoms with Crippen molar-refractivity contribution in [2.24, 2.45) is 5.10 Å². The molecule has 0 bridgehead atoms. The third-order valence-corrected chi connectivity index (χ3v) is 5.70. The molecule has 1 amide bonds. The number of nitro benzene ring substituents is 1. The summed E-state index contributed by atoms with van der Waals surface area (Å²) in [6.45, 7) is 6.49. The number of ether oxygens (including phenoxy) is 2. The minimum Gasteiger partial charge on any atom is -0.490 e. The van der Waals surface area contributed by atoms with Crippen LogP contribution in [0.5, 0.6) is 11.5 Å². The minimum absolute atomic E-state index is 0.0228. The number of aryl methyl sites for hydroxylation is 2. The van der Waals surface area contributed by atoms with Crippen molar-refractivity contribution in [3.05, 3.63) is 97.0 Å². The summed E-state index contributed by atoms with van der Waals surface area (Å²) < 4.78 is 12.3. The molecule has 182 valence electrons. The van der Waals surface area contributed by atoms with E-state index in [2.05, 4.69) is 26.5 Å². The quantitative estimate of drug-likeness (QED) is 0.204. The summed E-state index contributed by atoms with van der Waals surface area (Å²) in [6, 6.07) is 15.7. The van der Waals surface area contributed by atoms with Gasteiger partial charge in [0.1, 0.15) is 6.61 Å². The number of nitrogens with one attached hydrogen (secondary N) is 1. The number of hydrazone groups is 1. The number of carbonyl (C=O) groups is 1. The molecule has 0 aliphatic rings. The van der Waals surface area contributed by atoms with E-state index < -0.39 is 4.92 Å². The fraction of sp³-hybridized carbons (Fsp3) is 0.231. The fourth-order valence-electron chi connectivity index (χ4n) is 3.37. The first-order chi connectivity index (χ1) is 16.8. The third kappa shape index (κ3) is 7.38. The van der Waals surface area contributed by atoms with Crippen LogP contribution in [0.15, 0.2) is 64.2 Å². The highest BCUT2D eigenvalue weighted by atomic mass is 79.9. The van der Waals surface area contributed by atoms with Gasteiger partial charge in [0.25, 0.3) is 5.69 Å². The Kier molecular flexibility index (Phi) is 8.97. The van der Waals surface area contributed by atoms with Crippen LogP contribution in [0.1, 0.15) is 34.7 Å². The molecule has 35 heavy (non-hydrogen) atoms. The molecule has 0 spiro atoms. The van der Waals surface area contributed by atoms with E-state index in [4.69, 9.17) is 9.47 Å². The predicted molar refractivity (Wildman–Crippen MR) is 138 cm³/mol. The molecule has 0 radical (unpaired) electrons. The van der Waals surface area contributed by atoms with Crippen LogP contribution in [0, 0.1) is 24.0 Å². The van der Waals surface area contributed by atoms with Crippen molar-refractivity contribution in [3.63, 3.8) is 0 Å². The second-order valence-corrected chi connectivity index (χ2v) is 8.73. The van der Waals surface area contributed by atoms with Gasteiger partial charge in [-0.3, -0.25) is 14.9 Å². The Bertz CT molecular complexity index is 1240. The van der Waals surface area contributed by atoms with E-state index >= 15 is 0 Å². The summed E-state index contributed by atoms with van der Waals surface area (Å²) in [4.78, 5) is 22.7. The van der Waals surface area contributed by atoms with Gasteiger partial charge in [-0.25, -0.2) is 5.43 Å². The second kappa shape index (κ2) is 12.1. The predicted octanol–water partition coefficient (Wildman–Crippen LogP) is 5.64. The van der Waals surface area contributed by atoms with E-state index in [1.165, 1.54) is 18.3 Å². The van der Waals surface area contributed by atoms with Gasteiger partial charge in [-0.15, -0.1) is 0 Å². The van der Waals surface area contributed by atoms with Gasteiger partial charge in [-0.05, 0) is 83.2 Å². The Morgan fingerprint density at radius 2 is 1.86 bits per heavy atom. The normalized spacial score (nSPS) is 10.9. The van der Waals surface area contributed by atoms with Gasteiger partial charge in [-0.1, -0.05) is 23.8 Å². The van der Waals surface area contributed by atoms with Gasteiger partial charge < -0.3 is 9.47 Å². The first-order valence-electron chi connectivity index (χ1n) is 11.0. The molecule has 0 unspecified atom stereocenters. The molecule has 9 heteroatoms. The summed E-state index contributed by atoms with van der Waals surface area (Å²) in [6.07, 6.45) is 1.78. The fourth-order valence-corrected chi connectivity index (χ4v) is 3.94. The van der Waals surface area contributed by atoms with Crippen molar-refractivity contribution >= 4 is 33.7 Å². The lowest BCUT2D eigenvalue weighted by Gasteiger charge is -2.14. The van der Waals surface area contributed by atoms with Crippen molar-refractivity contribution in [1.82, 2.24) is 5.43 Å². The molecule has 0 heterocycles. The summed E-state index contributed by atoms with van der Waals surface area (Å²) in [7, 11) is 0. The zero-order valence-electron chi connectivity index (χ0n) is 19.7. The van der Waals surface area contributed by atoms with E-state index in [0.29, 0.717) is 28.1 Å². The molecule has 3 rings (SSSR count). The maximum absolute atomic E-state index is 12.3. The summed E-state index contributed by atoms with van der Waals surface area (Å²) in [5.74, 6) is 0.799. The largest absolute Gasteiger partial charge is 0.490 e. The standard InChI is InChI=1S/C26H26BrN3O5/c1-4-34-24-13-20(15-28-29-25(31)14-21-8-5-17(2)11-18(21)3)12-23(27)26(24)35-16-19-6-9-22(10-7-19)30(32)33/h5-13,15H,4,14,16H2,1-3H3,(H,29,31)/b28-15+. The van der Waals surface area contributed by atoms with Gasteiger partial charge in [-0.2, -0.15) is 5.10 Å². The molecule has 0 saturated carbocycles. The Hall–Kier alpha value is -3.72. The van der Waals surface area contributed by atoms with E-state index in [1.54, 1.807) is 24.3 Å². The highest BCUT2D eigenvalue weighted by Crippen LogP contribution is 2.37. The molecule has 0 fully saturated rings. The van der Waals surface area contributed by atoms with E-state index in [1.807, 2.05) is 39.0 Å². The first-order valence-corrected chi connectivity index (χ1v) is 11.8. The van der Waals surface area contributed by atoms with Crippen LogP contribution >= 0.6 is 15.9 Å². The molecule has 1 N–H and O–H groups in total. The van der Waals surface area contributed by atoms with Crippen molar-refractivity contribution < 1.29 is 19.2 Å². The molecule has 3 aromatic carbocycles. The molecule has 0 atom stereocenters. The van der Waals surface area contributed by atoms with Crippen molar-refractivity contribution in [1.29, 1.82) is 0 Å². The van der Waals surface area contributed by atoms with Gasteiger partial charge in [0.15, 0.2) is 11.5 Å². The number of benzene rings is 3. The lowest BCUT2D eigenvalue weighted by atomic mass is 10.0. The SMILES string of the molecule is CCOc1cc(/C=N/NC(=O)Cc2ccc(C)cc2C)cc(Br)c1OCc1ccc([N+](=O)[O-])cc1. The zero-order valence-corrected chi connectivity index (χ0v) is 21.3. The second-order valence-electron chi connectivity index (χ2n) is 7.88. The molecule has 0 aromatic heterocycles. The summed E-state index contributed by atoms with van der Waals surface area (Å²) in [5, 5.41) is 14.9. The molecule has 0 saturated heterocycles. The number of hydrogen-bond donors (Lipinski definition) is 1. The average molecular weight is 540 g/mol. The van der Waals surface area contributed by atoms with Crippen LogP contribution in [0.3, 0.4) is 0 Å². The van der Waals surface area contributed by atoms with Crippen LogP contribution < -0.4 is 14.9 Å². The van der Waals surface area contributed by atoms with Crippen LogP contribution in [0.25, 0.3) is 0 Å². The number of hydrogen-bond acceptors (Lipinski definition) is 6. The minimum atomic E-state index is -0.444. The molecule has 0 aliphatic carbocycles. The van der Waals surface area contributed by atoms with E-state index in [9.17, 15) is 14.9 Å². The van der Waals surface area contributed by atoms with Crippen LogP contribution in [-0.2, 0) is 17.8 Å². The van der Waals surface area contributed by atoms with Gasteiger partial charge in [0, 0.05) is 12.1 Å². The van der Waals surface area contributed by atoms with Crippen LogP contribution in [0.2, 0.25) is 0 Å². The third-order valence-electron chi connectivity index (χ3n) is 5.11. The maximum Gasteiger partial charge on any atom is 0.269 e. The molecule has 3 aromatic rings. The Morgan fingerprint density at radius 1 is 1.11 bits per heavy atom. The Labute approximate surface area is 212 Å². The van der Waals surface area contributed by atoms with Crippen molar-refractivity contribution in [2.75, 3.05) is 6.61 Å². The Morgan fingerprint density at radius 3 is 2.51 bits per heavy atom. The number of amides is 1. The van der Waals surface area contributed by atoms with E-state index in [-0.39, 0.29) is 24.6 Å². The summed E-state index contributed by atoms with van der Waals surface area (Å²) in [5.41, 5.74) is 7.25. The average Bonchev–Trinajstić information content (AvgIpc) is 2.81. The molecular formula is C26H26BrN3O5. The number of halogens is 1. The van der Waals surface area contributed by atoms with Crippen LogP contribution in [-0.4, -0.2) is 23.7 Å². The number of nitrogens with zero attached hydrogens (tertiary/aromatic N) is 2. The number of non-ortho nitro benzene ring substituents is 1. The maximum atomic E-state index is 12.3. The number of rotatable bonds is 10. The molecule has 8 nitrogen and oxygen atoms in total. The Balaban J connectivity index is 1.66.